The predicted octanol–water partition coefficient (Wildman–Crippen LogP) is 4.93. The second-order valence-electron chi connectivity index (χ2n) is 5.99. The van der Waals surface area contributed by atoms with Gasteiger partial charge in [0.15, 0.2) is 11.5 Å². The fourth-order valence-corrected chi connectivity index (χ4v) is 3.01. The first-order chi connectivity index (χ1) is 12.5. The molecule has 3 aromatic rings. The average molecular weight is 361 g/mol. The minimum atomic E-state index is -2.67. The molecule has 1 N–H and O–H groups in total. The van der Waals surface area contributed by atoms with Crippen molar-refractivity contribution in [3.63, 3.8) is 0 Å². The molecule has 0 saturated heterocycles. The van der Waals surface area contributed by atoms with E-state index in [1.165, 1.54) is 0 Å². The number of aromatic nitrogens is 2. The number of anilines is 1. The Labute approximate surface area is 150 Å². The normalized spacial score (nSPS) is 12.4. The SMILES string of the molecule is COc1cc(C)c(NC(C)c2nc3ccccc3n2C(F)F)cc1OC. The van der Waals surface area contributed by atoms with E-state index in [4.69, 9.17) is 9.47 Å². The monoisotopic (exact) mass is 361 g/mol. The number of alkyl halides is 2. The molecule has 1 atom stereocenters. The Morgan fingerprint density at radius 1 is 1.08 bits per heavy atom. The molecule has 1 heterocycles. The zero-order valence-corrected chi connectivity index (χ0v) is 15.1. The van der Waals surface area contributed by atoms with E-state index in [2.05, 4.69) is 10.3 Å². The van der Waals surface area contributed by atoms with E-state index in [-0.39, 0.29) is 5.82 Å². The van der Waals surface area contributed by atoms with Gasteiger partial charge in [0.1, 0.15) is 5.82 Å². The summed E-state index contributed by atoms with van der Waals surface area (Å²) in [6.07, 6.45) is 0. The van der Waals surface area contributed by atoms with E-state index in [1.807, 2.05) is 13.0 Å². The van der Waals surface area contributed by atoms with Crippen molar-refractivity contribution in [1.82, 2.24) is 9.55 Å². The zero-order valence-electron chi connectivity index (χ0n) is 15.1. The number of halogens is 2. The van der Waals surface area contributed by atoms with Crippen molar-refractivity contribution in [2.45, 2.75) is 26.4 Å². The summed E-state index contributed by atoms with van der Waals surface area (Å²) in [5, 5.41) is 3.26. The largest absolute Gasteiger partial charge is 0.493 e. The van der Waals surface area contributed by atoms with Gasteiger partial charge in [-0.3, -0.25) is 4.57 Å². The minimum absolute atomic E-state index is 0.274. The molecule has 5 nitrogen and oxygen atoms in total. The van der Waals surface area contributed by atoms with Gasteiger partial charge in [0.25, 0.3) is 0 Å². The maximum atomic E-state index is 13.6. The number of rotatable bonds is 6. The van der Waals surface area contributed by atoms with Crippen LogP contribution in [0.5, 0.6) is 11.5 Å². The minimum Gasteiger partial charge on any atom is -0.493 e. The fraction of sp³-hybridized carbons (Fsp3) is 0.316. The van der Waals surface area contributed by atoms with Gasteiger partial charge < -0.3 is 14.8 Å². The third-order valence-electron chi connectivity index (χ3n) is 4.31. The van der Waals surface area contributed by atoms with E-state index in [0.29, 0.717) is 22.5 Å². The molecule has 0 radical (unpaired) electrons. The molecule has 2 aromatic carbocycles. The molecule has 1 aromatic heterocycles. The molecule has 0 fully saturated rings. The number of hydrogen-bond donors (Lipinski definition) is 1. The van der Waals surface area contributed by atoms with Crippen LogP contribution in [0.25, 0.3) is 11.0 Å². The number of imidazole rings is 1. The Balaban J connectivity index is 2.00. The fourth-order valence-electron chi connectivity index (χ4n) is 3.01. The van der Waals surface area contributed by atoms with Gasteiger partial charge in [0.05, 0.1) is 31.3 Å². The number of hydrogen-bond acceptors (Lipinski definition) is 4. The highest BCUT2D eigenvalue weighted by atomic mass is 19.3. The molecule has 0 aliphatic carbocycles. The summed E-state index contributed by atoms with van der Waals surface area (Å²) in [6.45, 7) is 1.04. The lowest BCUT2D eigenvalue weighted by Gasteiger charge is -2.20. The first-order valence-corrected chi connectivity index (χ1v) is 8.20. The molecule has 1 unspecified atom stereocenters. The molecule has 0 amide bonds. The number of methoxy groups -OCH3 is 2. The number of fused-ring (bicyclic) bond motifs is 1. The summed E-state index contributed by atoms with van der Waals surface area (Å²) in [4.78, 5) is 4.40. The van der Waals surface area contributed by atoms with Gasteiger partial charge in [-0.25, -0.2) is 4.98 Å². The molecular formula is C19H21F2N3O2. The second kappa shape index (κ2) is 7.19. The molecule has 0 spiro atoms. The zero-order chi connectivity index (χ0) is 18.8. The number of ether oxygens (including phenoxy) is 2. The molecule has 7 heteroatoms. The maximum absolute atomic E-state index is 13.6. The Morgan fingerprint density at radius 3 is 2.38 bits per heavy atom. The summed E-state index contributed by atoms with van der Waals surface area (Å²) >= 11 is 0. The van der Waals surface area contributed by atoms with Crippen molar-refractivity contribution in [3.05, 3.63) is 47.8 Å². The van der Waals surface area contributed by atoms with Crippen LogP contribution in [0.15, 0.2) is 36.4 Å². The van der Waals surface area contributed by atoms with Gasteiger partial charge in [-0.05, 0) is 37.6 Å². The lowest BCUT2D eigenvalue weighted by molar-refractivity contribution is 0.0708. The Hall–Kier alpha value is -2.83. The highest BCUT2D eigenvalue weighted by molar-refractivity contribution is 5.76. The van der Waals surface area contributed by atoms with Crippen LogP contribution in [-0.4, -0.2) is 23.8 Å². The quantitative estimate of drug-likeness (QED) is 0.676. The molecule has 0 bridgehead atoms. The van der Waals surface area contributed by atoms with Gasteiger partial charge in [-0.2, -0.15) is 8.78 Å². The number of nitrogens with one attached hydrogen (secondary N) is 1. The highest BCUT2D eigenvalue weighted by Crippen LogP contribution is 2.35. The first-order valence-electron chi connectivity index (χ1n) is 8.20. The van der Waals surface area contributed by atoms with E-state index in [0.717, 1.165) is 15.8 Å². The predicted molar refractivity (Wildman–Crippen MR) is 97.3 cm³/mol. The molecule has 0 aliphatic rings. The lowest BCUT2D eigenvalue weighted by Crippen LogP contribution is -2.15. The number of para-hydroxylation sites is 2. The summed E-state index contributed by atoms with van der Waals surface area (Å²) in [6, 6.07) is 10.1. The molecule has 0 aliphatic heterocycles. The van der Waals surface area contributed by atoms with Crippen LogP contribution in [-0.2, 0) is 0 Å². The van der Waals surface area contributed by atoms with E-state index < -0.39 is 12.6 Å². The Bertz CT molecular complexity index is 925. The summed E-state index contributed by atoms with van der Waals surface area (Å²) < 4.78 is 38.9. The van der Waals surface area contributed by atoms with Crippen LogP contribution >= 0.6 is 0 Å². The summed E-state index contributed by atoms with van der Waals surface area (Å²) in [5.41, 5.74) is 2.63. The van der Waals surface area contributed by atoms with Gasteiger partial charge in [-0.1, -0.05) is 12.1 Å². The summed E-state index contributed by atoms with van der Waals surface area (Å²) in [7, 11) is 3.12. The maximum Gasteiger partial charge on any atom is 0.320 e. The first kappa shape index (κ1) is 18.0. The van der Waals surface area contributed by atoms with Crippen molar-refractivity contribution in [2.75, 3.05) is 19.5 Å². The van der Waals surface area contributed by atoms with Crippen LogP contribution in [0.1, 0.15) is 30.9 Å². The van der Waals surface area contributed by atoms with Crippen molar-refractivity contribution >= 4 is 16.7 Å². The van der Waals surface area contributed by atoms with Crippen molar-refractivity contribution < 1.29 is 18.3 Å². The van der Waals surface area contributed by atoms with Crippen LogP contribution in [0.4, 0.5) is 14.5 Å². The van der Waals surface area contributed by atoms with Crippen molar-refractivity contribution in [2.24, 2.45) is 0 Å². The topological polar surface area (TPSA) is 48.3 Å². The Kier molecular flexibility index (Phi) is 4.97. The molecule has 3 rings (SSSR count). The molecular weight excluding hydrogens is 340 g/mol. The van der Waals surface area contributed by atoms with Gasteiger partial charge in [0, 0.05) is 11.8 Å². The molecule has 138 valence electrons. The average Bonchev–Trinajstić information content (AvgIpc) is 3.02. The smallest absolute Gasteiger partial charge is 0.320 e. The van der Waals surface area contributed by atoms with Crippen LogP contribution in [0.3, 0.4) is 0 Å². The number of aryl methyl sites for hydroxylation is 1. The third kappa shape index (κ3) is 3.16. The van der Waals surface area contributed by atoms with E-state index >= 15 is 0 Å². The molecule has 26 heavy (non-hydrogen) atoms. The lowest BCUT2D eigenvalue weighted by atomic mass is 10.1. The second-order valence-corrected chi connectivity index (χ2v) is 5.99. The van der Waals surface area contributed by atoms with Gasteiger partial charge in [0.2, 0.25) is 0 Å². The number of benzene rings is 2. The van der Waals surface area contributed by atoms with Gasteiger partial charge >= 0.3 is 6.55 Å². The van der Waals surface area contributed by atoms with E-state index in [1.54, 1.807) is 51.5 Å². The molecule has 0 saturated carbocycles. The summed E-state index contributed by atoms with van der Waals surface area (Å²) in [5.74, 6) is 1.45. The number of nitrogens with zero attached hydrogens (tertiary/aromatic N) is 2. The van der Waals surface area contributed by atoms with Crippen LogP contribution < -0.4 is 14.8 Å². The Morgan fingerprint density at radius 2 is 1.73 bits per heavy atom. The van der Waals surface area contributed by atoms with E-state index in [9.17, 15) is 8.78 Å². The highest BCUT2D eigenvalue weighted by Gasteiger charge is 2.22. The standard InChI is InChI=1S/C19H21F2N3O2/c1-11-9-16(25-3)17(26-4)10-14(11)22-12(2)18-23-13-7-5-6-8-15(13)24(18)19(20)21/h5-10,12,19,22H,1-4H3. The van der Waals surface area contributed by atoms with Crippen LogP contribution in [0, 0.1) is 6.92 Å². The van der Waals surface area contributed by atoms with Crippen molar-refractivity contribution in [1.29, 1.82) is 0 Å². The van der Waals surface area contributed by atoms with Crippen LogP contribution in [0.2, 0.25) is 0 Å². The van der Waals surface area contributed by atoms with Gasteiger partial charge in [-0.15, -0.1) is 0 Å². The third-order valence-corrected chi connectivity index (χ3v) is 4.31. The van der Waals surface area contributed by atoms with Crippen molar-refractivity contribution in [3.8, 4) is 11.5 Å².